The summed E-state index contributed by atoms with van der Waals surface area (Å²) in [6, 6.07) is 0.437. The summed E-state index contributed by atoms with van der Waals surface area (Å²) in [4.78, 5) is 11.3. The van der Waals surface area contributed by atoms with E-state index >= 15 is 0 Å². The van der Waals surface area contributed by atoms with Crippen molar-refractivity contribution in [2.24, 2.45) is 5.92 Å². The van der Waals surface area contributed by atoms with E-state index in [0.29, 0.717) is 24.9 Å². The number of hydrogen-bond donors (Lipinski definition) is 1. The molecule has 0 saturated carbocycles. The largest absolute Gasteiger partial charge is 0.460 e. The highest BCUT2D eigenvalue weighted by Crippen LogP contribution is 2.08. The maximum Gasteiger partial charge on any atom is 0.307 e. The van der Waals surface area contributed by atoms with E-state index in [4.69, 9.17) is 4.74 Å². The molecule has 0 aliphatic rings. The summed E-state index contributed by atoms with van der Waals surface area (Å²) in [6.45, 7) is 12.8. The van der Waals surface area contributed by atoms with E-state index in [1.165, 1.54) is 0 Å². The molecule has 0 fully saturated rings. The van der Waals surface area contributed by atoms with E-state index in [9.17, 15) is 4.79 Å². The second-order valence-corrected chi connectivity index (χ2v) is 5.32. The highest BCUT2D eigenvalue weighted by atomic mass is 16.6. The average molecular weight is 215 g/mol. The van der Waals surface area contributed by atoms with Crippen molar-refractivity contribution in [2.75, 3.05) is 6.54 Å². The zero-order valence-corrected chi connectivity index (χ0v) is 10.9. The Morgan fingerprint density at radius 3 is 2.20 bits per heavy atom. The van der Waals surface area contributed by atoms with Gasteiger partial charge in [-0.05, 0) is 33.6 Å². The van der Waals surface area contributed by atoms with Crippen molar-refractivity contribution >= 4 is 5.97 Å². The molecule has 0 aliphatic carbocycles. The van der Waals surface area contributed by atoms with Gasteiger partial charge in [0, 0.05) is 12.6 Å². The highest BCUT2D eigenvalue weighted by Gasteiger charge is 2.16. The maximum absolute atomic E-state index is 11.3. The number of carbonyl (C=O) groups excluding carboxylic acids is 1. The van der Waals surface area contributed by atoms with E-state index in [1.807, 2.05) is 20.8 Å². The zero-order chi connectivity index (χ0) is 12.1. The molecule has 0 heterocycles. The molecule has 0 amide bonds. The van der Waals surface area contributed by atoms with Crippen molar-refractivity contribution in [1.29, 1.82) is 0 Å². The van der Waals surface area contributed by atoms with Crippen LogP contribution < -0.4 is 5.32 Å². The second-order valence-electron chi connectivity index (χ2n) is 5.32. The van der Waals surface area contributed by atoms with Crippen LogP contribution >= 0.6 is 0 Å². The average Bonchev–Trinajstić information content (AvgIpc) is 2.00. The van der Waals surface area contributed by atoms with Crippen LogP contribution in [0, 0.1) is 5.92 Å². The summed E-state index contributed by atoms with van der Waals surface area (Å²) in [5.74, 6) is 0.453. The number of nitrogens with one attached hydrogen (secondary N) is 1. The molecule has 0 saturated heterocycles. The first-order valence-corrected chi connectivity index (χ1v) is 5.67. The Kier molecular flexibility index (Phi) is 5.88. The van der Waals surface area contributed by atoms with Crippen molar-refractivity contribution < 1.29 is 9.53 Å². The third kappa shape index (κ3) is 8.43. The fourth-order valence-corrected chi connectivity index (χ4v) is 1.03. The number of ether oxygens (including phenoxy) is 1. The van der Waals surface area contributed by atoms with Crippen molar-refractivity contribution in [2.45, 2.75) is 59.6 Å². The summed E-state index contributed by atoms with van der Waals surface area (Å²) in [6.07, 6.45) is 0.439. The normalized spacial score (nSPS) is 14.1. The predicted octanol–water partition coefficient (Wildman–Crippen LogP) is 2.35. The fourth-order valence-electron chi connectivity index (χ4n) is 1.03. The molecule has 3 nitrogen and oxygen atoms in total. The van der Waals surface area contributed by atoms with Crippen LogP contribution in [0.15, 0.2) is 0 Å². The Morgan fingerprint density at radius 1 is 1.27 bits per heavy atom. The topological polar surface area (TPSA) is 38.3 Å². The third-order valence-corrected chi connectivity index (χ3v) is 2.22. The van der Waals surface area contributed by atoms with E-state index in [0.717, 1.165) is 0 Å². The van der Waals surface area contributed by atoms with Gasteiger partial charge in [0.25, 0.3) is 0 Å². The van der Waals surface area contributed by atoms with Crippen LogP contribution in [0.3, 0.4) is 0 Å². The van der Waals surface area contributed by atoms with E-state index in [2.05, 4.69) is 26.1 Å². The lowest BCUT2D eigenvalue weighted by Crippen LogP contribution is -2.33. The van der Waals surface area contributed by atoms with Gasteiger partial charge in [0.1, 0.15) is 5.60 Å². The van der Waals surface area contributed by atoms with Gasteiger partial charge in [-0.3, -0.25) is 4.79 Å². The maximum atomic E-state index is 11.3. The monoisotopic (exact) mass is 215 g/mol. The van der Waals surface area contributed by atoms with Crippen LogP contribution in [0.2, 0.25) is 0 Å². The number of hydrogen-bond acceptors (Lipinski definition) is 3. The molecule has 1 N–H and O–H groups in total. The minimum Gasteiger partial charge on any atom is -0.460 e. The molecule has 3 heteroatoms. The summed E-state index contributed by atoms with van der Waals surface area (Å²) >= 11 is 0. The number of rotatable bonds is 5. The molecule has 15 heavy (non-hydrogen) atoms. The summed E-state index contributed by atoms with van der Waals surface area (Å²) in [7, 11) is 0. The van der Waals surface area contributed by atoms with Crippen LogP contribution in [0.25, 0.3) is 0 Å². The number of carbonyl (C=O) groups is 1. The van der Waals surface area contributed by atoms with Crippen LogP contribution in [-0.4, -0.2) is 24.2 Å². The standard InChI is InChI=1S/C12H25NO2/c1-9(2)10(3)13-8-7-11(14)15-12(4,5)6/h9-10,13H,7-8H2,1-6H3/t10-/m1/s1. The SMILES string of the molecule is CC(C)[C@@H](C)NCCC(=O)OC(C)(C)C. The first kappa shape index (κ1) is 14.4. The van der Waals surface area contributed by atoms with Crippen LogP contribution in [-0.2, 0) is 9.53 Å². The smallest absolute Gasteiger partial charge is 0.307 e. The Hall–Kier alpha value is -0.570. The van der Waals surface area contributed by atoms with Crippen molar-refractivity contribution in [1.82, 2.24) is 5.32 Å². The molecule has 0 radical (unpaired) electrons. The lowest BCUT2D eigenvalue weighted by atomic mass is 10.1. The van der Waals surface area contributed by atoms with Crippen LogP contribution in [0.1, 0.15) is 48.0 Å². The molecular weight excluding hydrogens is 190 g/mol. The molecule has 90 valence electrons. The van der Waals surface area contributed by atoms with Gasteiger partial charge < -0.3 is 10.1 Å². The molecule has 0 unspecified atom stereocenters. The second kappa shape index (κ2) is 6.11. The van der Waals surface area contributed by atoms with Gasteiger partial charge >= 0.3 is 5.97 Å². The van der Waals surface area contributed by atoms with Gasteiger partial charge in [-0.2, -0.15) is 0 Å². The van der Waals surface area contributed by atoms with E-state index < -0.39 is 0 Å². The predicted molar refractivity (Wildman–Crippen MR) is 62.8 cm³/mol. The third-order valence-electron chi connectivity index (χ3n) is 2.22. The van der Waals surface area contributed by atoms with Gasteiger partial charge in [0.2, 0.25) is 0 Å². The van der Waals surface area contributed by atoms with Crippen molar-refractivity contribution in [3.8, 4) is 0 Å². The lowest BCUT2D eigenvalue weighted by molar-refractivity contribution is -0.154. The van der Waals surface area contributed by atoms with Crippen molar-refractivity contribution in [3.63, 3.8) is 0 Å². The van der Waals surface area contributed by atoms with E-state index in [1.54, 1.807) is 0 Å². The van der Waals surface area contributed by atoms with E-state index in [-0.39, 0.29) is 11.6 Å². The highest BCUT2D eigenvalue weighted by molar-refractivity contribution is 5.70. The number of esters is 1. The molecule has 0 aliphatic heterocycles. The molecule has 0 aromatic heterocycles. The van der Waals surface area contributed by atoms with Crippen LogP contribution in [0.4, 0.5) is 0 Å². The Bertz CT molecular complexity index is 194. The van der Waals surface area contributed by atoms with Gasteiger partial charge in [-0.1, -0.05) is 13.8 Å². The fraction of sp³-hybridized carbons (Fsp3) is 0.917. The molecular formula is C12H25NO2. The summed E-state index contributed by atoms with van der Waals surface area (Å²) in [5.41, 5.74) is -0.374. The molecule has 0 aromatic carbocycles. The molecule has 1 atom stereocenters. The first-order chi connectivity index (χ1) is 6.72. The molecule has 0 aromatic rings. The molecule has 0 bridgehead atoms. The summed E-state index contributed by atoms with van der Waals surface area (Å²) in [5, 5.41) is 3.30. The Balaban J connectivity index is 3.65. The van der Waals surface area contributed by atoms with Gasteiger partial charge in [0.05, 0.1) is 6.42 Å². The zero-order valence-electron chi connectivity index (χ0n) is 10.9. The Labute approximate surface area is 93.6 Å². The summed E-state index contributed by atoms with van der Waals surface area (Å²) < 4.78 is 5.20. The minimum atomic E-state index is -0.374. The van der Waals surface area contributed by atoms with Gasteiger partial charge in [-0.25, -0.2) is 0 Å². The lowest BCUT2D eigenvalue weighted by Gasteiger charge is -2.21. The quantitative estimate of drug-likeness (QED) is 0.715. The first-order valence-electron chi connectivity index (χ1n) is 5.67. The molecule has 0 rings (SSSR count). The van der Waals surface area contributed by atoms with Gasteiger partial charge in [0.15, 0.2) is 0 Å². The minimum absolute atomic E-state index is 0.133. The Morgan fingerprint density at radius 2 is 1.80 bits per heavy atom. The molecule has 0 spiro atoms. The van der Waals surface area contributed by atoms with Crippen LogP contribution in [0.5, 0.6) is 0 Å². The van der Waals surface area contributed by atoms with Crippen molar-refractivity contribution in [3.05, 3.63) is 0 Å². The van der Waals surface area contributed by atoms with Gasteiger partial charge in [-0.15, -0.1) is 0 Å².